The Morgan fingerprint density at radius 3 is 1.79 bits per heavy atom. The van der Waals surface area contributed by atoms with Gasteiger partial charge in [0.2, 0.25) is 0 Å². The predicted molar refractivity (Wildman–Crippen MR) is 325 cm³/mol. The number of halogens is 3. The average molecular weight is 1110 g/mol. The van der Waals surface area contributed by atoms with E-state index in [0.29, 0.717) is 110 Å². The molecule has 7 rings (SSSR count). The Morgan fingerprint density at radius 1 is 0.727 bits per heavy atom. The second kappa shape index (κ2) is 23.5. The van der Waals surface area contributed by atoms with Gasteiger partial charge in [-0.2, -0.15) is 9.97 Å². The van der Waals surface area contributed by atoms with E-state index in [1.165, 1.54) is 6.07 Å². The van der Waals surface area contributed by atoms with Crippen molar-refractivity contribution >= 4 is 52.0 Å². The highest BCUT2D eigenvalue weighted by Gasteiger charge is 2.48. The van der Waals surface area contributed by atoms with Gasteiger partial charge in [-0.1, -0.05) is 149 Å². The van der Waals surface area contributed by atoms with Gasteiger partial charge < -0.3 is 24.3 Å². The molecule has 3 aliphatic rings. The fourth-order valence-electron chi connectivity index (χ4n) is 15.1. The molecule has 2 bridgehead atoms. The lowest BCUT2D eigenvalue weighted by Crippen LogP contribution is -2.51. The molecule has 0 radical (unpaired) electrons. The van der Waals surface area contributed by atoms with Crippen LogP contribution in [0.3, 0.4) is 0 Å². The maximum Gasteiger partial charge on any atom is 0.319 e. The van der Waals surface area contributed by atoms with Gasteiger partial charge in [-0.25, -0.2) is 18.2 Å². The molecule has 3 saturated heterocycles. The summed E-state index contributed by atoms with van der Waals surface area (Å²) in [6.07, 6.45) is 3.31. The van der Waals surface area contributed by atoms with E-state index in [1.807, 2.05) is 26.1 Å². The molecule has 1 N–H and O–H groups in total. The number of hydrogen-bond acceptors (Lipinski definition) is 8. The quantitative estimate of drug-likeness (QED) is 0.0879. The third kappa shape index (κ3) is 11.2. The minimum absolute atomic E-state index is 0.00487. The van der Waals surface area contributed by atoms with Gasteiger partial charge in [0.05, 0.1) is 17.3 Å². The van der Waals surface area contributed by atoms with Crippen molar-refractivity contribution in [2.45, 2.75) is 213 Å². The van der Waals surface area contributed by atoms with Crippen molar-refractivity contribution in [1.29, 1.82) is 0 Å². The molecule has 4 aromatic rings. The molecule has 0 aliphatic carbocycles. The van der Waals surface area contributed by atoms with Crippen LogP contribution in [0, 0.1) is 40.0 Å². The van der Waals surface area contributed by atoms with Gasteiger partial charge in [-0.3, -0.25) is 0 Å². The molecular weight excluding hydrogens is 1010 g/mol. The van der Waals surface area contributed by atoms with Crippen LogP contribution >= 0.6 is 0 Å². The van der Waals surface area contributed by atoms with E-state index >= 15 is 8.78 Å². The molecular formula is C63H93F3N6O2Si3. The Balaban J connectivity index is 1.66. The molecule has 0 spiro atoms. The molecule has 2 aromatic heterocycles. The summed E-state index contributed by atoms with van der Waals surface area (Å²) in [7, 11) is -5.41. The fourth-order valence-corrected chi connectivity index (χ4v) is 30.8. The second-order valence-electron chi connectivity index (χ2n) is 26.4. The minimum atomic E-state index is -2.61. The molecule has 77 heavy (non-hydrogen) atoms. The Morgan fingerprint density at radius 2 is 1.27 bits per heavy atom. The van der Waals surface area contributed by atoms with Crippen molar-refractivity contribution in [3.05, 3.63) is 59.1 Å². The summed E-state index contributed by atoms with van der Waals surface area (Å²) in [4.78, 5) is 20.2. The van der Waals surface area contributed by atoms with Crippen molar-refractivity contribution in [3.63, 3.8) is 0 Å². The van der Waals surface area contributed by atoms with E-state index in [2.05, 4.69) is 163 Å². The van der Waals surface area contributed by atoms with Crippen LogP contribution in [0.25, 0.3) is 32.9 Å². The zero-order chi connectivity index (χ0) is 56.9. The number of piperazine rings is 1. The number of ether oxygens (including phenoxy) is 1. The molecule has 3 fully saturated rings. The van der Waals surface area contributed by atoms with E-state index in [9.17, 15) is 4.39 Å². The van der Waals surface area contributed by atoms with Crippen LogP contribution in [0.2, 0.25) is 49.9 Å². The van der Waals surface area contributed by atoms with Gasteiger partial charge in [0, 0.05) is 54.6 Å². The van der Waals surface area contributed by atoms with Crippen LogP contribution in [-0.4, -0.2) is 96.2 Å². The fraction of sp³-hybridized carbons (Fsp3) is 0.635. The maximum absolute atomic E-state index is 19.1. The summed E-state index contributed by atoms with van der Waals surface area (Å²) in [6, 6.07) is 7.59. The predicted octanol–water partition coefficient (Wildman–Crippen LogP) is 16.3. The summed E-state index contributed by atoms with van der Waals surface area (Å²) in [5, 5.41) is 5.34. The number of nitrogens with one attached hydrogen (secondary N) is 1. The third-order valence-corrected chi connectivity index (χ3v) is 37.5. The number of likely N-dealkylation sites (tertiary alicyclic amines) is 1. The number of hydrogen-bond donors (Lipinski definition) is 1. The lowest BCUT2D eigenvalue weighted by atomic mass is 9.78. The summed E-state index contributed by atoms with van der Waals surface area (Å²) in [5.41, 5.74) is 11.2. The van der Waals surface area contributed by atoms with Gasteiger partial charge in [0.1, 0.15) is 57.0 Å². The van der Waals surface area contributed by atoms with Crippen LogP contribution < -0.4 is 19.4 Å². The number of aromatic nitrogens is 3. The van der Waals surface area contributed by atoms with E-state index in [4.69, 9.17) is 24.1 Å². The first-order chi connectivity index (χ1) is 36.1. The van der Waals surface area contributed by atoms with Crippen molar-refractivity contribution in [2.75, 3.05) is 44.7 Å². The first-order valence-corrected chi connectivity index (χ1v) is 35.7. The molecule has 0 unspecified atom stereocenters. The largest absolute Gasteiger partial charge is 0.543 e. The van der Waals surface area contributed by atoms with E-state index in [-0.39, 0.29) is 58.1 Å². The number of fused-ring (bicyclic) bond motifs is 4. The summed E-state index contributed by atoms with van der Waals surface area (Å²) in [6.45, 7) is 45.3. The van der Waals surface area contributed by atoms with Crippen molar-refractivity contribution < 1.29 is 22.3 Å². The standard InChI is InChI=1S/C63H93F3N6O2Si3/c1-38(2)75(39(3)4,40(5)6)29-26-52-54(65)24-21-47-31-51(74-77(44(13)14,45(15)16)46(17)18)32-53(56(47)52)59-58(66)60-57(55(68-59)27-30-76(41(7)8,42(9)10)43(11)12)61(72-34-49-22-23-50(35-72)67-49)70-62(69-60)73-37-63(19)36-71(20)28-25-48(63)33-64/h21,24,31-33,38-46,49-50,67H,22-23,25,28,34-37H2,1-20H3/b48-33+/t49-,50+,63-/m0/s1. The van der Waals surface area contributed by atoms with E-state index in [1.54, 1.807) is 6.07 Å². The molecule has 0 saturated carbocycles. The smallest absolute Gasteiger partial charge is 0.319 e. The SMILES string of the molecule is CC(C)[Si](C#Cc1c(F)ccc2cc(O[Si](C(C)C)(C(C)C)C(C)C)cc(-c3nc(C#C[Si](C(C)C)(C(C)C)C(C)C)c4c(N5C[C@H]6CC[C@@H](C5)N6)nc(OC[C@]5(C)CN(C)CC/C5=C\F)nc4c3F)c12)(C(C)C)C(C)C. The number of pyridine rings is 1. The first-order valence-electron chi connectivity index (χ1n) is 29.1. The molecule has 0 amide bonds. The highest BCUT2D eigenvalue weighted by atomic mass is 28.4. The molecule has 14 heteroatoms. The lowest BCUT2D eigenvalue weighted by Gasteiger charge is -2.42. The Bertz CT molecular complexity index is 2890. The Hall–Kier alpha value is -4.19. The molecule has 3 aliphatic heterocycles. The zero-order valence-corrected chi connectivity index (χ0v) is 53.6. The summed E-state index contributed by atoms with van der Waals surface area (Å²) in [5.74, 6) is 7.14. The van der Waals surface area contributed by atoms with Gasteiger partial charge >= 0.3 is 6.01 Å². The summed E-state index contributed by atoms with van der Waals surface area (Å²) >= 11 is 0. The van der Waals surface area contributed by atoms with E-state index < -0.39 is 41.5 Å². The molecule has 420 valence electrons. The lowest BCUT2D eigenvalue weighted by molar-refractivity contribution is 0.109. The highest BCUT2D eigenvalue weighted by Crippen LogP contribution is 2.48. The van der Waals surface area contributed by atoms with Gasteiger partial charge in [0.15, 0.2) is 5.82 Å². The minimum Gasteiger partial charge on any atom is -0.543 e. The van der Waals surface area contributed by atoms with Crippen molar-refractivity contribution in [1.82, 2.24) is 25.2 Å². The second-order valence-corrected chi connectivity index (χ2v) is 42.9. The molecule has 8 nitrogen and oxygen atoms in total. The highest BCUT2D eigenvalue weighted by molar-refractivity contribution is 6.91. The van der Waals surface area contributed by atoms with Crippen LogP contribution in [0.1, 0.15) is 162 Å². The van der Waals surface area contributed by atoms with Gasteiger partial charge in [-0.15, -0.1) is 11.1 Å². The number of piperidine rings is 1. The Labute approximate surface area is 465 Å². The number of benzene rings is 2. The maximum atomic E-state index is 19.1. The third-order valence-electron chi connectivity index (χ3n) is 18.9. The van der Waals surface area contributed by atoms with E-state index in [0.717, 1.165) is 19.4 Å². The van der Waals surface area contributed by atoms with Crippen molar-refractivity contribution in [3.8, 4) is 45.9 Å². The topological polar surface area (TPSA) is 75.6 Å². The van der Waals surface area contributed by atoms with Gasteiger partial charge in [-0.05, 0) is 105 Å². The summed E-state index contributed by atoms with van der Waals surface area (Å²) < 4.78 is 65.1. The number of anilines is 1. The van der Waals surface area contributed by atoms with Gasteiger partial charge in [0.25, 0.3) is 8.32 Å². The monoisotopic (exact) mass is 1110 g/mol. The molecule has 5 heterocycles. The first kappa shape index (κ1) is 60.5. The van der Waals surface area contributed by atoms with Crippen LogP contribution in [0.5, 0.6) is 11.8 Å². The number of rotatable bonds is 16. The van der Waals surface area contributed by atoms with Crippen LogP contribution in [0.15, 0.2) is 36.2 Å². The zero-order valence-electron chi connectivity index (χ0n) is 50.6. The van der Waals surface area contributed by atoms with Crippen LogP contribution in [0.4, 0.5) is 19.0 Å². The van der Waals surface area contributed by atoms with Crippen molar-refractivity contribution in [2.24, 2.45) is 5.41 Å². The normalized spacial score (nSPS) is 20.4. The number of nitrogens with zero attached hydrogens (tertiary/aromatic N) is 5. The molecule has 3 atom stereocenters. The Kier molecular flexibility index (Phi) is 18.4. The average Bonchev–Trinajstić information content (AvgIpc) is 3.69. The van der Waals surface area contributed by atoms with Crippen LogP contribution in [-0.2, 0) is 0 Å². The molecule has 2 aromatic carbocycles.